The third-order valence-electron chi connectivity index (χ3n) is 3.46. The molecule has 0 saturated heterocycles. The molecule has 102 valence electrons. The highest BCUT2D eigenvalue weighted by Crippen LogP contribution is 2.22. The summed E-state index contributed by atoms with van der Waals surface area (Å²) in [5, 5.41) is 4.68. The van der Waals surface area contributed by atoms with Crippen molar-refractivity contribution in [1.82, 2.24) is 9.55 Å². The van der Waals surface area contributed by atoms with E-state index < -0.39 is 0 Å². The van der Waals surface area contributed by atoms with Gasteiger partial charge in [0.2, 0.25) is 0 Å². The number of aryl methyl sites for hydroxylation is 2. The number of fused-ring (bicyclic) bond motifs is 1. The fraction of sp³-hybridized carbons (Fsp3) is 0.188. The van der Waals surface area contributed by atoms with Crippen LogP contribution in [0.4, 0.5) is 5.82 Å². The summed E-state index contributed by atoms with van der Waals surface area (Å²) in [4.78, 5) is 4.51. The molecule has 0 atom stereocenters. The molecule has 0 spiro atoms. The van der Waals surface area contributed by atoms with Gasteiger partial charge < -0.3 is 9.88 Å². The van der Waals surface area contributed by atoms with Crippen molar-refractivity contribution in [2.75, 3.05) is 5.32 Å². The summed E-state index contributed by atoms with van der Waals surface area (Å²) in [5.74, 6) is 0.902. The molecule has 4 heteroatoms. The van der Waals surface area contributed by atoms with Gasteiger partial charge in [0.05, 0.1) is 5.69 Å². The van der Waals surface area contributed by atoms with Gasteiger partial charge in [0, 0.05) is 35.2 Å². The van der Waals surface area contributed by atoms with Crippen molar-refractivity contribution in [2.45, 2.75) is 13.5 Å². The van der Waals surface area contributed by atoms with Crippen molar-refractivity contribution in [1.29, 1.82) is 0 Å². The summed E-state index contributed by atoms with van der Waals surface area (Å²) in [7, 11) is 2.08. The number of nitrogens with zero attached hydrogens (tertiary/aromatic N) is 2. The minimum Gasteiger partial charge on any atom is -0.366 e. The highest BCUT2D eigenvalue weighted by atomic mass is 79.9. The minimum absolute atomic E-state index is 0.773. The molecule has 0 radical (unpaired) electrons. The van der Waals surface area contributed by atoms with E-state index in [1.54, 1.807) is 0 Å². The van der Waals surface area contributed by atoms with E-state index in [2.05, 4.69) is 68.3 Å². The summed E-state index contributed by atoms with van der Waals surface area (Å²) in [6.07, 6.45) is 2.17. The highest BCUT2D eigenvalue weighted by molar-refractivity contribution is 9.10. The van der Waals surface area contributed by atoms with Gasteiger partial charge in [-0.2, -0.15) is 0 Å². The summed E-state index contributed by atoms with van der Waals surface area (Å²) < 4.78 is 3.19. The van der Waals surface area contributed by atoms with Gasteiger partial charge in [-0.05, 0) is 46.6 Å². The molecule has 20 heavy (non-hydrogen) atoms. The minimum atomic E-state index is 0.773. The number of halogens is 1. The average Bonchev–Trinajstić information content (AvgIpc) is 2.78. The Hall–Kier alpha value is -1.81. The van der Waals surface area contributed by atoms with Gasteiger partial charge in [-0.3, -0.25) is 0 Å². The van der Waals surface area contributed by atoms with Crippen molar-refractivity contribution < 1.29 is 0 Å². The number of nitrogens with one attached hydrogen (secondary N) is 1. The van der Waals surface area contributed by atoms with Crippen molar-refractivity contribution in [3.05, 3.63) is 58.3 Å². The predicted octanol–water partition coefficient (Wildman–Crippen LogP) is 4.26. The largest absolute Gasteiger partial charge is 0.366 e. The first-order chi connectivity index (χ1) is 9.65. The quantitative estimate of drug-likeness (QED) is 0.778. The van der Waals surface area contributed by atoms with Crippen LogP contribution in [0.25, 0.3) is 10.9 Å². The zero-order valence-electron chi connectivity index (χ0n) is 11.5. The van der Waals surface area contributed by atoms with Gasteiger partial charge in [-0.15, -0.1) is 0 Å². The van der Waals surface area contributed by atoms with Gasteiger partial charge in [-0.1, -0.05) is 18.2 Å². The van der Waals surface area contributed by atoms with Crippen LogP contribution < -0.4 is 5.32 Å². The van der Waals surface area contributed by atoms with Gasteiger partial charge in [0.1, 0.15) is 5.82 Å². The molecule has 0 aliphatic carbocycles. The van der Waals surface area contributed by atoms with E-state index in [1.165, 1.54) is 16.5 Å². The molecule has 1 aromatic carbocycles. The van der Waals surface area contributed by atoms with E-state index in [1.807, 2.05) is 19.1 Å². The second kappa shape index (κ2) is 5.29. The third-order valence-corrected chi connectivity index (χ3v) is 4.30. The average molecular weight is 330 g/mol. The number of anilines is 1. The van der Waals surface area contributed by atoms with Gasteiger partial charge in [0.15, 0.2) is 0 Å². The summed E-state index contributed by atoms with van der Waals surface area (Å²) in [5.41, 5.74) is 3.53. The van der Waals surface area contributed by atoms with E-state index in [9.17, 15) is 0 Å². The Labute approximate surface area is 126 Å². The Morgan fingerprint density at radius 3 is 2.80 bits per heavy atom. The number of benzene rings is 1. The lowest BCUT2D eigenvalue weighted by atomic mass is 10.2. The molecule has 2 heterocycles. The molecule has 0 unspecified atom stereocenters. The maximum Gasteiger partial charge on any atom is 0.126 e. The van der Waals surface area contributed by atoms with Crippen LogP contribution in [0.3, 0.4) is 0 Å². The first-order valence-corrected chi connectivity index (χ1v) is 7.34. The van der Waals surface area contributed by atoms with E-state index in [0.29, 0.717) is 0 Å². The van der Waals surface area contributed by atoms with Crippen LogP contribution in [0.1, 0.15) is 11.3 Å². The molecule has 0 bridgehead atoms. The van der Waals surface area contributed by atoms with E-state index in [4.69, 9.17) is 0 Å². The number of pyridine rings is 1. The lowest BCUT2D eigenvalue weighted by Crippen LogP contribution is -2.01. The molecule has 0 aliphatic heterocycles. The number of hydrogen-bond acceptors (Lipinski definition) is 2. The molecule has 2 aromatic heterocycles. The first kappa shape index (κ1) is 13.2. The van der Waals surface area contributed by atoms with Gasteiger partial charge in [-0.25, -0.2) is 4.98 Å². The van der Waals surface area contributed by atoms with Crippen LogP contribution in [0, 0.1) is 6.92 Å². The van der Waals surface area contributed by atoms with Crippen LogP contribution in [0.5, 0.6) is 0 Å². The second-order valence-corrected chi connectivity index (χ2v) is 5.75. The molecule has 3 nitrogen and oxygen atoms in total. The van der Waals surface area contributed by atoms with E-state index in [0.717, 1.165) is 22.5 Å². The van der Waals surface area contributed by atoms with Crippen LogP contribution >= 0.6 is 15.9 Å². The molecule has 0 aliphatic rings. The number of rotatable bonds is 3. The number of para-hydroxylation sites is 1. The monoisotopic (exact) mass is 329 g/mol. The molecule has 0 amide bonds. The van der Waals surface area contributed by atoms with Crippen LogP contribution in [0.2, 0.25) is 0 Å². The lowest BCUT2D eigenvalue weighted by molar-refractivity contribution is 0.954. The topological polar surface area (TPSA) is 29.9 Å². The Bertz CT molecular complexity index is 762. The Morgan fingerprint density at radius 1 is 1.20 bits per heavy atom. The predicted molar refractivity (Wildman–Crippen MR) is 86.9 cm³/mol. The van der Waals surface area contributed by atoms with Gasteiger partial charge >= 0.3 is 0 Å². The number of aromatic nitrogens is 2. The summed E-state index contributed by atoms with van der Waals surface area (Å²) in [6, 6.07) is 12.5. The zero-order chi connectivity index (χ0) is 14.1. The SMILES string of the molecule is Cc1nc(NCc2cn(C)c3ccccc23)ccc1Br. The Kier molecular flexibility index (Phi) is 3.49. The molecule has 3 aromatic rings. The Balaban J connectivity index is 1.85. The Morgan fingerprint density at radius 2 is 2.00 bits per heavy atom. The van der Waals surface area contributed by atoms with Crippen molar-refractivity contribution >= 4 is 32.7 Å². The molecule has 0 saturated carbocycles. The first-order valence-electron chi connectivity index (χ1n) is 6.55. The lowest BCUT2D eigenvalue weighted by Gasteiger charge is -2.06. The highest BCUT2D eigenvalue weighted by Gasteiger charge is 2.06. The smallest absolute Gasteiger partial charge is 0.126 e. The summed E-state index contributed by atoms with van der Waals surface area (Å²) in [6.45, 7) is 2.77. The molecule has 3 rings (SSSR count). The van der Waals surface area contributed by atoms with Crippen LogP contribution in [-0.4, -0.2) is 9.55 Å². The standard InChI is InChI=1S/C16H16BrN3/c1-11-14(17)7-8-16(19-11)18-9-12-10-20(2)15-6-4-3-5-13(12)15/h3-8,10H,9H2,1-2H3,(H,18,19). The fourth-order valence-corrected chi connectivity index (χ4v) is 2.62. The van der Waals surface area contributed by atoms with Crippen LogP contribution in [-0.2, 0) is 13.6 Å². The van der Waals surface area contributed by atoms with Gasteiger partial charge in [0.25, 0.3) is 0 Å². The van der Waals surface area contributed by atoms with Crippen molar-refractivity contribution in [3.63, 3.8) is 0 Å². The van der Waals surface area contributed by atoms with Crippen LogP contribution in [0.15, 0.2) is 47.1 Å². The van der Waals surface area contributed by atoms with E-state index >= 15 is 0 Å². The normalized spacial score (nSPS) is 10.9. The summed E-state index contributed by atoms with van der Waals surface area (Å²) >= 11 is 3.47. The maximum absolute atomic E-state index is 4.51. The molecule has 0 fully saturated rings. The maximum atomic E-state index is 4.51. The third kappa shape index (κ3) is 2.43. The molecular formula is C16H16BrN3. The van der Waals surface area contributed by atoms with Crippen molar-refractivity contribution in [3.8, 4) is 0 Å². The fourth-order valence-electron chi connectivity index (χ4n) is 2.39. The van der Waals surface area contributed by atoms with E-state index in [-0.39, 0.29) is 0 Å². The van der Waals surface area contributed by atoms with Crippen molar-refractivity contribution in [2.24, 2.45) is 7.05 Å². The molecular weight excluding hydrogens is 314 g/mol. The molecule has 1 N–H and O–H groups in total. The second-order valence-electron chi connectivity index (χ2n) is 4.90. The number of hydrogen-bond donors (Lipinski definition) is 1. The zero-order valence-corrected chi connectivity index (χ0v) is 13.1.